The monoisotopic (exact) mass is 502 g/mol. The van der Waals surface area contributed by atoms with Crippen LogP contribution < -0.4 is 10.2 Å². The summed E-state index contributed by atoms with van der Waals surface area (Å²) >= 11 is 0. The SMILES string of the molecule is CN(Cc1ccccc1)C(=O)c1cc(NC(=O)C2CC2)ccc1N1CCCN(C(=O)C2CCCC2)CC1. The second kappa shape index (κ2) is 11.4. The summed E-state index contributed by atoms with van der Waals surface area (Å²) in [6.45, 7) is 3.41. The molecule has 7 nitrogen and oxygen atoms in total. The molecule has 2 aromatic rings. The maximum Gasteiger partial charge on any atom is 0.256 e. The quantitative estimate of drug-likeness (QED) is 0.604. The van der Waals surface area contributed by atoms with Crippen LogP contribution in [-0.4, -0.2) is 60.7 Å². The number of amides is 3. The van der Waals surface area contributed by atoms with Crippen molar-refractivity contribution in [3.63, 3.8) is 0 Å². The number of carbonyl (C=O) groups is 3. The van der Waals surface area contributed by atoms with E-state index in [1.807, 2.05) is 60.5 Å². The van der Waals surface area contributed by atoms with Gasteiger partial charge < -0.3 is 20.0 Å². The summed E-state index contributed by atoms with van der Waals surface area (Å²) in [7, 11) is 1.82. The minimum Gasteiger partial charge on any atom is -0.369 e. The van der Waals surface area contributed by atoms with Crippen LogP contribution in [-0.2, 0) is 16.1 Å². The molecule has 0 atom stereocenters. The fourth-order valence-electron chi connectivity index (χ4n) is 5.60. The first kappa shape index (κ1) is 25.3. The van der Waals surface area contributed by atoms with Gasteiger partial charge in [-0.15, -0.1) is 0 Å². The highest BCUT2D eigenvalue weighted by Gasteiger charge is 2.31. The molecule has 7 heteroatoms. The summed E-state index contributed by atoms with van der Waals surface area (Å²) in [6, 6.07) is 15.6. The number of nitrogens with one attached hydrogen (secondary N) is 1. The molecule has 0 aromatic heterocycles. The molecule has 0 bridgehead atoms. The number of rotatable bonds is 7. The number of hydrogen-bond donors (Lipinski definition) is 1. The van der Waals surface area contributed by atoms with Gasteiger partial charge in [-0.05, 0) is 55.9 Å². The van der Waals surface area contributed by atoms with Crippen molar-refractivity contribution in [3.8, 4) is 0 Å². The Hall–Kier alpha value is -3.35. The summed E-state index contributed by atoms with van der Waals surface area (Å²) in [4.78, 5) is 45.2. The lowest BCUT2D eigenvalue weighted by atomic mass is 10.1. The van der Waals surface area contributed by atoms with Crippen molar-refractivity contribution in [1.29, 1.82) is 0 Å². The molecule has 2 aromatic carbocycles. The van der Waals surface area contributed by atoms with Crippen LogP contribution in [0.3, 0.4) is 0 Å². The zero-order valence-corrected chi connectivity index (χ0v) is 21.8. The smallest absolute Gasteiger partial charge is 0.256 e. The molecule has 0 radical (unpaired) electrons. The van der Waals surface area contributed by atoms with E-state index in [4.69, 9.17) is 0 Å². The van der Waals surface area contributed by atoms with Crippen LogP contribution in [0, 0.1) is 11.8 Å². The minimum absolute atomic E-state index is 0.0274. The van der Waals surface area contributed by atoms with E-state index in [0.717, 1.165) is 69.3 Å². The maximum atomic E-state index is 13.8. The molecule has 196 valence electrons. The van der Waals surface area contributed by atoms with Crippen LogP contribution in [0.25, 0.3) is 0 Å². The van der Waals surface area contributed by atoms with Crippen molar-refractivity contribution in [3.05, 3.63) is 59.7 Å². The molecule has 3 aliphatic rings. The van der Waals surface area contributed by atoms with E-state index in [2.05, 4.69) is 10.2 Å². The molecular weight excluding hydrogens is 464 g/mol. The second-order valence-corrected chi connectivity index (χ2v) is 10.8. The van der Waals surface area contributed by atoms with E-state index < -0.39 is 0 Å². The first-order valence-corrected chi connectivity index (χ1v) is 13.8. The summed E-state index contributed by atoms with van der Waals surface area (Å²) in [5.74, 6) is 0.527. The van der Waals surface area contributed by atoms with Gasteiger partial charge in [-0.1, -0.05) is 43.2 Å². The Morgan fingerprint density at radius 1 is 0.865 bits per heavy atom. The van der Waals surface area contributed by atoms with Crippen LogP contribution in [0.2, 0.25) is 0 Å². The second-order valence-electron chi connectivity index (χ2n) is 10.8. The third kappa shape index (κ3) is 6.14. The Kier molecular flexibility index (Phi) is 7.77. The fourth-order valence-corrected chi connectivity index (χ4v) is 5.60. The van der Waals surface area contributed by atoms with Crippen LogP contribution in [0.5, 0.6) is 0 Å². The van der Waals surface area contributed by atoms with Crippen molar-refractivity contribution < 1.29 is 14.4 Å². The lowest BCUT2D eigenvalue weighted by molar-refractivity contribution is -0.135. The van der Waals surface area contributed by atoms with Crippen LogP contribution in [0.1, 0.15) is 60.9 Å². The largest absolute Gasteiger partial charge is 0.369 e. The van der Waals surface area contributed by atoms with Crippen molar-refractivity contribution in [2.24, 2.45) is 11.8 Å². The fraction of sp³-hybridized carbons (Fsp3) is 0.500. The van der Waals surface area contributed by atoms with Crippen molar-refractivity contribution in [2.45, 2.75) is 51.5 Å². The Bertz CT molecular complexity index is 1120. The zero-order valence-electron chi connectivity index (χ0n) is 21.8. The van der Waals surface area contributed by atoms with E-state index in [1.54, 1.807) is 4.90 Å². The van der Waals surface area contributed by atoms with E-state index in [9.17, 15) is 14.4 Å². The normalized spacial score (nSPS) is 18.4. The van der Waals surface area contributed by atoms with Gasteiger partial charge in [0, 0.05) is 63.0 Å². The van der Waals surface area contributed by atoms with Gasteiger partial charge >= 0.3 is 0 Å². The van der Waals surface area contributed by atoms with Gasteiger partial charge in [-0.2, -0.15) is 0 Å². The van der Waals surface area contributed by atoms with Crippen LogP contribution in [0.15, 0.2) is 48.5 Å². The number of hydrogen-bond acceptors (Lipinski definition) is 4. The predicted octanol–water partition coefficient (Wildman–Crippen LogP) is 4.54. The molecule has 1 N–H and O–H groups in total. The third-order valence-electron chi connectivity index (χ3n) is 7.90. The molecular formula is C30H38N4O3. The summed E-state index contributed by atoms with van der Waals surface area (Å²) < 4.78 is 0. The first-order valence-electron chi connectivity index (χ1n) is 13.8. The molecule has 1 heterocycles. The molecule has 2 saturated carbocycles. The highest BCUT2D eigenvalue weighted by molar-refractivity contribution is 6.02. The van der Waals surface area contributed by atoms with Gasteiger partial charge in [0.05, 0.1) is 5.56 Å². The standard InChI is InChI=1S/C30H38N4O3/c1-32(21-22-8-3-2-4-9-22)30(37)26-20-25(31-28(35)23-12-13-23)14-15-27(26)33-16-7-17-34(19-18-33)29(36)24-10-5-6-11-24/h2-4,8-9,14-15,20,23-24H,5-7,10-13,16-19,21H2,1H3,(H,31,35). The predicted molar refractivity (Wildman–Crippen MR) is 145 cm³/mol. The van der Waals surface area contributed by atoms with Crippen molar-refractivity contribution in [1.82, 2.24) is 9.80 Å². The van der Waals surface area contributed by atoms with E-state index >= 15 is 0 Å². The summed E-state index contributed by atoms with van der Waals surface area (Å²) in [6.07, 6.45) is 7.06. The summed E-state index contributed by atoms with van der Waals surface area (Å²) in [5, 5.41) is 3.00. The maximum absolute atomic E-state index is 13.8. The van der Waals surface area contributed by atoms with Gasteiger partial charge in [0.15, 0.2) is 0 Å². The Balaban J connectivity index is 1.36. The Morgan fingerprint density at radius 2 is 1.62 bits per heavy atom. The third-order valence-corrected chi connectivity index (χ3v) is 7.90. The molecule has 37 heavy (non-hydrogen) atoms. The van der Waals surface area contributed by atoms with Crippen LogP contribution in [0.4, 0.5) is 11.4 Å². The lowest BCUT2D eigenvalue weighted by Crippen LogP contribution is -2.38. The topological polar surface area (TPSA) is 73.0 Å². The minimum atomic E-state index is -0.0792. The van der Waals surface area contributed by atoms with E-state index in [0.29, 0.717) is 36.8 Å². The van der Waals surface area contributed by atoms with Gasteiger partial charge in [-0.3, -0.25) is 14.4 Å². The van der Waals surface area contributed by atoms with Gasteiger partial charge in [0.2, 0.25) is 11.8 Å². The van der Waals surface area contributed by atoms with E-state index in [1.165, 1.54) is 0 Å². The molecule has 1 aliphatic heterocycles. The van der Waals surface area contributed by atoms with Gasteiger partial charge in [0.1, 0.15) is 0 Å². The van der Waals surface area contributed by atoms with Gasteiger partial charge in [0.25, 0.3) is 5.91 Å². The van der Waals surface area contributed by atoms with Crippen LogP contribution >= 0.6 is 0 Å². The zero-order chi connectivity index (χ0) is 25.8. The number of anilines is 2. The lowest BCUT2D eigenvalue weighted by Gasteiger charge is -2.28. The molecule has 0 spiro atoms. The highest BCUT2D eigenvalue weighted by Crippen LogP contribution is 2.32. The molecule has 0 unspecified atom stereocenters. The molecule has 3 amide bonds. The van der Waals surface area contributed by atoms with Crippen molar-refractivity contribution >= 4 is 29.1 Å². The number of carbonyl (C=O) groups excluding carboxylic acids is 3. The Labute approximate surface area is 219 Å². The molecule has 1 saturated heterocycles. The number of nitrogens with zero attached hydrogens (tertiary/aromatic N) is 3. The molecule has 3 fully saturated rings. The molecule has 2 aliphatic carbocycles. The Morgan fingerprint density at radius 3 is 2.35 bits per heavy atom. The molecule has 5 rings (SSSR count). The van der Waals surface area contributed by atoms with Crippen molar-refractivity contribution in [2.75, 3.05) is 43.4 Å². The van der Waals surface area contributed by atoms with Gasteiger partial charge in [-0.25, -0.2) is 0 Å². The number of benzene rings is 2. The van der Waals surface area contributed by atoms with E-state index in [-0.39, 0.29) is 23.7 Å². The average molecular weight is 503 g/mol. The summed E-state index contributed by atoms with van der Waals surface area (Å²) in [5.41, 5.74) is 3.17. The average Bonchev–Trinajstić information content (AvgIpc) is 3.68. The highest BCUT2D eigenvalue weighted by atomic mass is 16.2. The first-order chi connectivity index (χ1) is 18.0.